The summed E-state index contributed by atoms with van der Waals surface area (Å²) in [6.07, 6.45) is 2.24. The maximum atomic E-state index is 4.56. The minimum atomic E-state index is 0.930. The molecule has 0 aromatic carbocycles. The molecule has 1 heterocycles. The lowest BCUT2D eigenvalue weighted by atomic mass is 10.3. The van der Waals surface area contributed by atoms with Gasteiger partial charge in [0, 0.05) is 11.4 Å². The summed E-state index contributed by atoms with van der Waals surface area (Å²) in [4.78, 5) is 5.93. The Morgan fingerprint density at radius 3 is 2.69 bits per heavy atom. The summed E-state index contributed by atoms with van der Waals surface area (Å²) in [5, 5.41) is 4.59. The molecule has 0 fully saturated rings. The molecule has 74 valence electrons. The van der Waals surface area contributed by atoms with E-state index in [4.69, 9.17) is 0 Å². The molecule has 2 nitrogen and oxygen atoms in total. The number of thiazole rings is 1. The summed E-state index contributed by atoms with van der Waals surface area (Å²) >= 11 is 1.82. The molecule has 0 bridgehead atoms. The Morgan fingerprint density at radius 2 is 2.15 bits per heavy atom. The van der Waals surface area contributed by atoms with Crippen molar-refractivity contribution in [2.45, 2.75) is 40.2 Å². The van der Waals surface area contributed by atoms with E-state index in [0.717, 1.165) is 19.5 Å². The summed E-state index contributed by atoms with van der Waals surface area (Å²) in [5.74, 6) is 0. The van der Waals surface area contributed by atoms with Crippen molar-refractivity contribution in [1.82, 2.24) is 10.3 Å². The maximum Gasteiger partial charge on any atom is 0.107 e. The van der Waals surface area contributed by atoms with Crippen LogP contribution < -0.4 is 5.32 Å². The molecule has 0 amide bonds. The molecule has 0 aliphatic rings. The molecular weight excluding hydrogens is 180 g/mol. The van der Waals surface area contributed by atoms with Crippen LogP contribution in [0.1, 0.15) is 35.8 Å². The van der Waals surface area contributed by atoms with E-state index in [9.17, 15) is 0 Å². The van der Waals surface area contributed by atoms with Gasteiger partial charge in [-0.1, -0.05) is 13.8 Å². The van der Waals surface area contributed by atoms with Gasteiger partial charge < -0.3 is 5.32 Å². The van der Waals surface area contributed by atoms with Gasteiger partial charge in [0.05, 0.1) is 5.69 Å². The normalized spacial score (nSPS) is 10.7. The van der Waals surface area contributed by atoms with Crippen LogP contribution in [0.3, 0.4) is 0 Å². The summed E-state index contributed by atoms with van der Waals surface area (Å²) in [7, 11) is 0. The third-order valence-corrected chi connectivity index (χ3v) is 2.99. The van der Waals surface area contributed by atoms with E-state index < -0.39 is 0 Å². The van der Waals surface area contributed by atoms with E-state index in [1.165, 1.54) is 22.0 Å². The molecule has 13 heavy (non-hydrogen) atoms. The number of nitrogens with one attached hydrogen (secondary N) is 1. The molecule has 0 atom stereocenters. The summed E-state index contributed by atoms with van der Waals surface area (Å²) in [6, 6.07) is 0. The minimum absolute atomic E-state index is 0.930. The van der Waals surface area contributed by atoms with Crippen LogP contribution in [0.2, 0.25) is 0 Å². The van der Waals surface area contributed by atoms with Crippen molar-refractivity contribution >= 4 is 11.3 Å². The topological polar surface area (TPSA) is 24.9 Å². The fourth-order valence-corrected chi connectivity index (χ4v) is 2.25. The Labute approximate surface area is 84.4 Å². The highest BCUT2D eigenvalue weighted by Crippen LogP contribution is 2.17. The highest BCUT2D eigenvalue weighted by molar-refractivity contribution is 7.11. The van der Waals surface area contributed by atoms with Crippen LogP contribution >= 0.6 is 11.3 Å². The molecule has 1 aromatic rings. The highest BCUT2D eigenvalue weighted by Gasteiger charge is 2.04. The molecule has 1 N–H and O–H groups in total. The van der Waals surface area contributed by atoms with Gasteiger partial charge in [0.2, 0.25) is 0 Å². The third-order valence-electron chi connectivity index (χ3n) is 1.97. The van der Waals surface area contributed by atoms with E-state index >= 15 is 0 Å². The van der Waals surface area contributed by atoms with Gasteiger partial charge in [-0.05, 0) is 26.3 Å². The van der Waals surface area contributed by atoms with Crippen molar-refractivity contribution < 1.29 is 0 Å². The van der Waals surface area contributed by atoms with Gasteiger partial charge in [-0.2, -0.15) is 0 Å². The van der Waals surface area contributed by atoms with Crippen molar-refractivity contribution in [2.24, 2.45) is 0 Å². The van der Waals surface area contributed by atoms with Gasteiger partial charge in [0.1, 0.15) is 5.01 Å². The van der Waals surface area contributed by atoms with Gasteiger partial charge in [0.15, 0.2) is 0 Å². The van der Waals surface area contributed by atoms with E-state index in [2.05, 4.69) is 31.1 Å². The zero-order chi connectivity index (χ0) is 9.68. The zero-order valence-corrected chi connectivity index (χ0v) is 9.50. The fraction of sp³-hybridized carbons (Fsp3) is 0.700. The number of hydrogen-bond acceptors (Lipinski definition) is 3. The number of aryl methyl sites for hydroxylation is 2. The Morgan fingerprint density at radius 1 is 1.38 bits per heavy atom. The summed E-state index contributed by atoms with van der Waals surface area (Å²) < 4.78 is 0. The first-order valence-electron chi connectivity index (χ1n) is 4.93. The number of hydrogen-bond donors (Lipinski definition) is 1. The molecule has 1 rings (SSSR count). The maximum absolute atomic E-state index is 4.56. The highest BCUT2D eigenvalue weighted by atomic mass is 32.1. The predicted octanol–water partition coefficient (Wildman–Crippen LogP) is 2.51. The van der Waals surface area contributed by atoms with Crippen molar-refractivity contribution in [3.8, 4) is 0 Å². The molecular formula is C10H18N2S. The SMILES string of the molecule is CCCNCc1nc(CC)c(C)s1. The first-order valence-corrected chi connectivity index (χ1v) is 5.75. The lowest BCUT2D eigenvalue weighted by Crippen LogP contribution is -2.13. The van der Waals surface area contributed by atoms with Gasteiger partial charge in [-0.25, -0.2) is 4.98 Å². The average Bonchev–Trinajstić information content (AvgIpc) is 2.47. The zero-order valence-electron chi connectivity index (χ0n) is 8.68. The molecule has 1 aromatic heterocycles. The van der Waals surface area contributed by atoms with E-state index in [1.807, 2.05) is 11.3 Å². The van der Waals surface area contributed by atoms with Crippen LogP contribution in [0.15, 0.2) is 0 Å². The number of aromatic nitrogens is 1. The van der Waals surface area contributed by atoms with Crippen molar-refractivity contribution in [3.63, 3.8) is 0 Å². The quantitative estimate of drug-likeness (QED) is 0.735. The molecule has 0 saturated carbocycles. The number of nitrogens with zero attached hydrogens (tertiary/aromatic N) is 1. The Bertz CT molecular complexity index is 255. The predicted molar refractivity (Wildman–Crippen MR) is 58.2 cm³/mol. The Balaban J connectivity index is 2.48. The lowest BCUT2D eigenvalue weighted by Gasteiger charge is -1.97. The second-order valence-electron chi connectivity index (χ2n) is 3.14. The molecule has 0 aliphatic carbocycles. The van der Waals surface area contributed by atoms with Crippen molar-refractivity contribution in [1.29, 1.82) is 0 Å². The largest absolute Gasteiger partial charge is 0.310 e. The van der Waals surface area contributed by atoms with Crippen LogP contribution in [0.25, 0.3) is 0 Å². The van der Waals surface area contributed by atoms with Crippen LogP contribution in [0.4, 0.5) is 0 Å². The van der Waals surface area contributed by atoms with Crippen molar-refractivity contribution in [3.05, 3.63) is 15.6 Å². The molecule has 0 unspecified atom stereocenters. The summed E-state index contributed by atoms with van der Waals surface area (Å²) in [5.41, 5.74) is 1.26. The molecule has 0 radical (unpaired) electrons. The van der Waals surface area contributed by atoms with Crippen LogP contribution in [0.5, 0.6) is 0 Å². The molecule has 3 heteroatoms. The number of rotatable bonds is 5. The molecule has 0 aliphatic heterocycles. The van der Waals surface area contributed by atoms with Crippen molar-refractivity contribution in [2.75, 3.05) is 6.54 Å². The van der Waals surface area contributed by atoms with Crippen LogP contribution in [0, 0.1) is 6.92 Å². The Kier molecular flexibility index (Phi) is 4.39. The first-order chi connectivity index (χ1) is 6.27. The smallest absolute Gasteiger partial charge is 0.107 e. The fourth-order valence-electron chi connectivity index (χ4n) is 1.26. The second-order valence-corrected chi connectivity index (χ2v) is 4.43. The standard InChI is InChI=1S/C10H18N2S/c1-4-6-11-7-10-12-9(5-2)8(3)13-10/h11H,4-7H2,1-3H3. The first kappa shape index (κ1) is 10.7. The Hall–Kier alpha value is -0.410. The summed E-state index contributed by atoms with van der Waals surface area (Å²) in [6.45, 7) is 8.50. The second kappa shape index (κ2) is 5.35. The average molecular weight is 198 g/mol. The van der Waals surface area contributed by atoms with Gasteiger partial charge >= 0.3 is 0 Å². The minimum Gasteiger partial charge on any atom is -0.310 e. The van der Waals surface area contributed by atoms with Gasteiger partial charge in [0.25, 0.3) is 0 Å². The van der Waals surface area contributed by atoms with E-state index in [1.54, 1.807) is 0 Å². The molecule has 0 spiro atoms. The van der Waals surface area contributed by atoms with Gasteiger partial charge in [-0.3, -0.25) is 0 Å². The molecule has 0 saturated heterocycles. The van der Waals surface area contributed by atoms with E-state index in [0.29, 0.717) is 0 Å². The third kappa shape index (κ3) is 3.08. The van der Waals surface area contributed by atoms with Crippen LogP contribution in [-0.2, 0) is 13.0 Å². The van der Waals surface area contributed by atoms with Gasteiger partial charge in [-0.15, -0.1) is 11.3 Å². The van der Waals surface area contributed by atoms with E-state index in [-0.39, 0.29) is 0 Å². The lowest BCUT2D eigenvalue weighted by molar-refractivity contribution is 0.671. The monoisotopic (exact) mass is 198 g/mol. The van der Waals surface area contributed by atoms with Crippen LogP contribution in [-0.4, -0.2) is 11.5 Å².